The van der Waals surface area contributed by atoms with Crippen LogP contribution < -0.4 is 5.32 Å². The van der Waals surface area contributed by atoms with Gasteiger partial charge in [-0.25, -0.2) is 8.42 Å². The predicted molar refractivity (Wildman–Crippen MR) is 155 cm³/mol. The second kappa shape index (κ2) is 11.7. The van der Waals surface area contributed by atoms with Crippen molar-refractivity contribution < 1.29 is 18.0 Å². The number of carbonyl (C=O) groups excluding carboxylic acids is 2. The highest BCUT2D eigenvalue weighted by atomic mass is 32.2. The molecule has 5 rings (SSSR count). The number of fused-ring (bicyclic) bond motifs is 1. The van der Waals surface area contributed by atoms with Gasteiger partial charge in [-0.2, -0.15) is 4.31 Å². The first-order valence-electron chi connectivity index (χ1n) is 14.2. The highest BCUT2D eigenvalue weighted by Gasteiger charge is 2.33. The number of thiophene rings is 1. The maximum Gasteiger partial charge on any atom is 0.257 e. The van der Waals surface area contributed by atoms with Crippen LogP contribution in [0.5, 0.6) is 0 Å². The number of piperidine rings is 1. The minimum Gasteiger partial charge on any atom is -0.339 e. The quantitative estimate of drug-likeness (QED) is 0.521. The fraction of sp³-hybridized carbons (Fsp3) is 0.586. The van der Waals surface area contributed by atoms with Crippen molar-refractivity contribution in [2.24, 2.45) is 11.8 Å². The van der Waals surface area contributed by atoms with Gasteiger partial charge in [0, 0.05) is 49.7 Å². The molecule has 8 nitrogen and oxygen atoms in total. The number of hydrogen-bond acceptors (Lipinski definition) is 6. The van der Waals surface area contributed by atoms with Crippen LogP contribution in [-0.2, 0) is 23.0 Å². The number of likely N-dealkylation sites (tertiary alicyclic amines) is 1. The summed E-state index contributed by atoms with van der Waals surface area (Å²) in [4.78, 5) is 32.6. The van der Waals surface area contributed by atoms with Crippen LogP contribution in [0.1, 0.15) is 77.6 Å². The summed E-state index contributed by atoms with van der Waals surface area (Å²) < 4.78 is 28.1. The molecule has 0 spiro atoms. The average molecular weight is 573 g/mol. The number of hydrogen-bond donors (Lipinski definition) is 1. The Balaban J connectivity index is 1.37. The molecule has 1 aromatic carbocycles. The molecule has 0 radical (unpaired) electrons. The monoisotopic (exact) mass is 572 g/mol. The SMILES string of the molecule is CCCN1CCc2c(sc(NC(=O)c3ccc(S(=O)(=O)N4CC(C)CC(C)C4)cc3)c2C(=O)N2CCCC2)C1. The van der Waals surface area contributed by atoms with Crippen molar-refractivity contribution in [1.82, 2.24) is 14.1 Å². The number of sulfonamides is 1. The smallest absolute Gasteiger partial charge is 0.257 e. The second-order valence-corrected chi connectivity index (χ2v) is 14.5. The van der Waals surface area contributed by atoms with Crippen molar-refractivity contribution in [3.8, 4) is 0 Å². The van der Waals surface area contributed by atoms with Crippen LogP contribution in [0.25, 0.3) is 0 Å². The Morgan fingerprint density at radius 3 is 2.33 bits per heavy atom. The Bertz CT molecular complexity index is 1310. The summed E-state index contributed by atoms with van der Waals surface area (Å²) in [7, 11) is -3.62. The lowest BCUT2D eigenvalue weighted by atomic mass is 9.94. The van der Waals surface area contributed by atoms with Gasteiger partial charge in [0.2, 0.25) is 10.0 Å². The van der Waals surface area contributed by atoms with Crippen LogP contribution >= 0.6 is 11.3 Å². The summed E-state index contributed by atoms with van der Waals surface area (Å²) in [5, 5.41) is 3.63. The highest BCUT2D eigenvalue weighted by Crippen LogP contribution is 2.39. The zero-order chi connectivity index (χ0) is 27.7. The molecule has 4 heterocycles. The van der Waals surface area contributed by atoms with Gasteiger partial charge in [0.25, 0.3) is 11.8 Å². The van der Waals surface area contributed by atoms with E-state index >= 15 is 0 Å². The number of nitrogens with one attached hydrogen (secondary N) is 1. The Labute approximate surface area is 236 Å². The fourth-order valence-corrected chi connectivity index (χ4v) is 9.22. The van der Waals surface area contributed by atoms with Gasteiger partial charge in [0.05, 0.1) is 10.5 Å². The Morgan fingerprint density at radius 1 is 1.03 bits per heavy atom. The summed E-state index contributed by atoms with van der Waals surface area (Å²) in [6.45, 7) is 11.6. The number of benzene rings is 1. The summed E-state index contributed by atoms with van der Waals surface area (Å²) in [5.41, 5.74) is 2.09. The lowest BCUT2D eigenvalue weighted by Crippen LogP contribution is -2.42. The Kier molecular flexibility index (Phi) is 8.47. The first kappa shape index (κ1) is 28.3. The zero-order valence-corrected chi connectivity index (χ0v) is 24.9. The van der Waals surface area contributed by atoms with E-state index in [0.717, 1.165) is 75.3 Å². The molecule has 39 heavy (non-hydrogen) atoms. The third kappa shape index (κ3) is 5.94. The van der Waals surface area contributed by atoms with E-state index in [9.17, 15) is 18.0 Å². The van der Waals surface area contributed by atoms with Gasteiger partial charge in [0.1, 0.15) is 5.00 Å². The normalized spacial score (nSPS) is 22.6. The van der Waals surface area contributed by atoms with E-state index in [1.54, 1.807) is 16.4 Å². The first-order chi connectivity index (χ1) is 18.7. The van der Waals surface area contributed by atoms with E-state index in [2.05, 4.69) is 31.0 Å². The molecule has 2 atom stereocenters. The van der Waals surface area contributed by atoms with Gasteiger partial charge in [-0.3, -0.25) is 14.5 Å². The molecule has 0 bridgehead atoms. The number of carbonyl (C=O) groups is 2. The molecule has 1 N–H and O–H groups in total. The van der Waals surface area contributed by atoms with Crippen molar-refractivity contribution in [2.45, 2.75) is 64.3 Å². The molecule has 0 aliphatic carbocycles. The molecule has 2 saturated heterocycles. The molecular formula is C29H40N4O4S2. The minimum absolute atomic E-state index is 0.00988. The summed E-state index contributed by atoms with van der Waals surface area (Å²) in [5.74, 6) is 0.308. The average Bonchev–Trinajstić information content (AvgIpc) is 3.56. The van der Waals surface area contributed by atoms with E-state index in [4.69, 9.17) is 0 Å². The zero-order valence-electron chi connectivity index (χ0n) is 23.2. The molecule has 1 aromatic heterocycles. The number of nitrogens with zero attached hydrogens (tertiary/aromatic N) is 3. The predicted octanol–water partition coefficient (Wildman–Crippen LogP) is 4.67. The van der Waals surface area contributed by atoms with E-state index in [1.807, 2.05) is 4.90 Å². The third-order valence-corrected chi connectivity index (χ3v) is 11.1. The largest absolute Gasteiger partial charge is 0.339 e. The molecular weight excluding hydrogens is 532 g/mol. The number of rotatable bonds is 7. The lowest BCUT2D eigenvalue weighted by molar-refractivity contribution is 0.0792. The summed E-state index contributed by atoms with van der Waals surface area (Å²) in [6.07, 6.45) is 4.92. The maximum absolute atomic E-state index is 13.6. The van der Waals surface area contributed by atoms with Crippen molar-refractivity contribution in [3.05, 3.63) is 45.8 Å². The van der Waals surface area contributed by atoms with Gasteiger partial charge < -0.3 is 10.2 Å². The standard InChI is InChI=1S/C29H40N4O4S2/c1-4-12-31-15-11-24-25(19-31)38-28(26(24)29(35)32-13-5-6-14-32)30-27(34)22-7-9-23(10-8-22)39(36,37)33-17-20(2)16-21(3)18-33/h7-10,20-21H,4-6,11-19H2,1-3H3,(H,30,34). The molecule has 2 amide bonds. The molecule has 0 saturated carbocycles. The fourth-order valence-electron chi connectivity index (χ4n) is 6.26. The van der Waals surface area contributed by atoms with Crippen molar-refractivity contribution in [1.29, 1.82) is 0 Å². The van der Waals surface area contributed by atoms with Gasteiger partial charge >= 0.3 is 0 Å². The van der Waals surface area contributed by atoms with E-state index < -0.39 is 10.0 Å². The lowest BCUT2D eigenvalue weighted by Gasteiger charge is -2.34. The van der Waals surface area contributed by atoms with Crippen molar-refractivity contribution in [3.63, 3.8) is 0 Å². The van der Waals surface area contributed by atoms with Crippen LogP contribution in [0.4, 0.5) is 5.00 Å². The number of amides is 2. The molecule has 2 fully saturated rings. The van der Waals surface area contributed by atoms with E-state index in [1.165, 1.54) is 23.5 Å². The third-order valence-electron chi connectivity index (χ3n) is 8.10. The van der Waals surface area contributed by atoms with Crippen LogP contribution in [0.3, 0.4) is 0 Å². The Hall–Kier alpha value is -2.27. The molecule has 2 unspecified atom stereocenters. The van der Waals surface area contributed by atoms with Crippen LogP contribution in [-0.4, -0.2) is 73.6 Å². The molecule has 212 valence electrons. The van der Waals surface area contributed by atoms with Gasteiger partial charge in [-0.1, -0.05) is 20.8 Å². The van der Waals surface area contributed by atoms with Crippen molar-refractivity contribution >= 4 is 38.2 Å². The summed E-state index contributed by atoms with van der Waals surface area (Å²) in [6, 6.07) is 6.17. The number of anilines is 1. The van der Waals surface area contributed by atoms with Crippen molar-refractivity contribution in [2.75, 3.05) is 44.6 Å². The van der Waals surface area contributed by atoms with E-state index in [-0.39, 0.29) is 16.7 Å². The highest BCUT2D eigenvalue weighted by molar-refractivity contribution is 7.89. The van der Waals surface area contributed by atoms with E-state index in [0.29, 0.717) is 41.1 Å². The van der Waals surface area contributed by atoms with Gasteiger partial charge in [-0.15, -0.1) is 11.3 Å². The maximum atomic E-state index is 13.6. The minimum atomic E-state index is -3.62. The van der Waals surface area contributed by atoms with Gasteiger partial charge in [-0.05, 0) is 80.3 Å². The molecule has 10 heteroatoms. The van der Waals surface area contributed by atoms with Crippen LogP contribution in [0.2, 0.25) is 0 Å². The first-order valence-corrected chi connectivity index (χ1v) is 16.5. The second-order valence-electron chi connectivity index (χ2n) is 11.5. The van der Waals surface area contributed by atoms with Gasteiger partial charge in [0.15, 0.2) is 0 Å². The van der Waals surface area contributed by atoms with Crippen LogP contribution in [0.15, 0.2) is 29.2 Å². The molecule has 3 aliphatic heterocycles. The molecule has 3 aliphatic rings. The molecule has 2 aromatic rings. The Morgan fingerprint density at radius 2 is 1.69 bits per heavy atom. The van der Waals surface area contributed by atoms with Crippen LogP contribution in [0, 0.1) is 11.8 Å². The summed E-state index contributed by atoms with van der Waals surface area (Å²) >= 11 is 1.50. The topological polar surface area (TPSA) is 90.0 Å².